The van der Waals surface area contributed by atoms with E-state index >= 15 is 0 Å². The number of hydrogen-bond donors (Lipinski definition) is 2. The fourth-order valence-corrected chi connectivity index (χ4v) is 2.14. The highest BCUT2D eigenvalue weighted by atomic mass is 16.5. The third kappa shape index (κ3) is 3.13. The Morgan fingerprint density at radius 3 is 3.06 bits per heavy atom. The molecule has 0 atom stereocenters. The second kappa shape index (κ2) is 5.73. The van der Waals surface area contributed by atoms with E-state index in [1.165, 1.54) is 0 Å². The molecule has 0 aliphatic carbocycles. The number of carbonyl (C=O) groups is 1. The third-order valence-electron chi connectivity index (χ3n) is 3.04. The first-order valence-electron chi connectivity index (χ1n) is 6.10. The Bertz CT molecular complexity index is 434. The average Bonchev–Trinajstić information content (AvgIpc) is 2.54. The quantitative estimate of drug-likeness (QED) is 0.770. The summed E-state index contributed by atoms with van der Waals surface area (Å²) in [6, 6.07) is 5.75. The van der Waals surface area contributed by atoms with Crippen LogP contribution in [0.2, 0.25) is 0 Å². The van der Waals surface area contributed by atoms with Gasteiger partial charge in [-0.25, -0.2) is 0 Å². The Kier molecular flexibility index (Phi) is 4.04. The molecule has 1 fully saturated rings. The van der Waals surface area contributed by atoms with Crippen molar-refractivity contribution >= 4 is 11.6 Å². The van der Waals surface area contributed by atoms with Gasteiger partial charge in [-0.2, -0.15) is 0 Å². The predicted octanol–water partition coefficient (Wildman–Crippen LogP) is 0.599. The van der Waals surface area contributed by atoms with Crippen LogP contribution in [0.1, 0.15) is 12.0 Å². The van der Waals surface area contributed by atoms with E-state index < -0.39 is 0 Å². The Morgan fingerprint density at radius 1 is 1.50 bits per heavy atom. The molecule has 0 spiro atoms. The molecule has 5 heteroatoms. The molecular formula is C13H19N3O2. The van der Waals surface area contributed by atoms with Gasteiger partial charge in [0.2, 0.25) is 5.91 Å². The van der Waals surface area contributed by atoms with Crippen molar-refractivity contribution in [1.29, 1.82) is 0 Å². The van der Waals surface area contributed by atoms with Gasteiger partial charge in [-0.3, -0.25) is 9.69 Å². The molecule has 1 aliphatic heterocycles. The molecule has 2 rings (SSSR count). The maximum Gasteiger partial charge on any atom is 0.234 e. The first kappa shape index (κ1) is 12.7. The van der Waals surface area contributed by atoms with Gasteiger partial charge in [0, 0.05) is 19.6 Å². The van der Waals surface area contributed by atoms with Gasteiger partial charge in [0.15, 0.2) is 0 Å². The number of rotatable bonds is 3. The van der Waals surface area contributed by atoms with Gasteiger partial charge >= 0.3 is 0 Å². The van der Waals surface area contributed by atoms with Crippen LogP contribution >= 0.6 is 0 Å². The van der Waals surface area contributed by atoms with Crippen molar-refractivity contribution < 1.29 is 9.53 Å². The lowest BCUT2D eigenvalue weighted by atomic mass is 10.1. The summed E-state index contributed by atoms with van der Waals surface area (Å²) in [4.78, 5) is 13.6. The van der Waals surface area contributed by atoms with Crippen molar-refractivity contribution in [3.8, 4) is 5.75 Å². The van der Waals surface area contributed by atoms with Crippen molar-refractivity contribution in [2.45, 2.75) is 13.0 Å². The number of ether oxygens (including phenoxy) is 1. The zero-order valence-corrected chi connectivity index (χ0v) is 10.6. The van der Waals surface area contributed by atoms with E-state index in [0.29, 0.717) is 18.0 Å². The monoisotopic (exact) mass is 249 g/mol. The maximum atomic E-state index is 11.5. The van der Waals surface area contributed by atoms with Crippen LogP contribution < -0.4 is 15.8 Å². The number of methoxy groups -OCH3 is 1. The second-order valence-corrected chi connectivity index (χ2v) is 4.49. The predicted molar refractivity (Wildman–Crippen MR) is 70.3 cm³/mol. The van der Waals surface area contributed by atoms with Gasteiger partial charge in [0.05, 0.1) is 19.3 Å². The first-order chi connectivity index (χ1) is 8.69. The molecule has 0 aromatic heterocycles. The number of nitrogens with one attached hydrogen (secondary N) is 1. The summed E-state index contributed by atoms with van der Waals surface area (Å²) in [6.07, 6.45) is 0.984. The van der Waals surface area contributed by atoms with Crippen LogP contribution in [0.4, 0.5) is 5.69 Å². The normalized spacial score (nSPS) is 17.1. The lowest BCUT2D eigenvalue weighted by Gasteiger charge is -2.19. The maximum absolute atomic E-state index is 11.5. The summed E-state index contributed by atoms with van der Waals surface area (Å²) in [6.45, 7) is 2.87. The van der Waals surface area contributed by atoms with Gasteiger partial charge < -0.3 is 15.8 Å². The summed E-state index contributed by atoms with van der Waals surface area (Å²) in [5.41, 5.74) is 7.61. The van der Waals surface area contributed by atoms with E-state index in [0.717, 1.165) is 31.6 Å². The molecule has 3 N–H and O–H groups in total. The number of nitrogens with two attached hydrogens (primary N) is 1. The smallest absolute Gasteiger partial charge is 0.234 e. The number of nitrogen functional groups attached to an aromatic ring is 1. The minimum atomic E-state index is 0.0917. The number of carbonyl (C=O) groups excluding carboxylic acids is 1. The van der Waals surface area contributed by atoms with Crippen LogP contribution in [0.25, 0.3) is 0 Å². The lowest BCUT2D eigenvalue weighted by molar-refractivity contribution is -0.121. The van der Waals surface area contributed by atoms with Crippen LogP contribution in [0.15, 0.2) is 18.2 Å². The molecule has 18 heavy (non-hydrogen) atoms. The van der Waals surface area contributed by atoms with Gasteiger partial charge in [0.1, 0.15) is 5.75 Å². The number of anilines is 1. The van der Waals surface area contributed by atoms with Crippen LogP contribution in [0.5, 0.6) is 5.75 Å². The Labute approximate surface area is 107 Å². The van der Waals surface area contributed by atoms with E-state index in [-0.39, 0.29) is 5.91 Å². The average molecular weight is 249 g/mol. The second-order valence-electron chi connectivity index (χ2n) is 4.49. The number of amides is 1. The van der Waals surface area contributed by atoms with Crippen molar-refractivity contribution in [2.24, 2.45) is 0 Å². The lowest BCUT2D eigenvalue weighted by Crippen LogP contribution is -2.32. The standard InChI is InChI=1S/C13H19N3O2/c1-18-12-4-3-10(7-11(12)14)8-16-6-2-5-15-13(17)9-16/h3-4,7H,2,5-6,8-9,14H2,1H3,(H,15,17). The SMILES string of the molecule is COc1ccc(CN2CCCNC(=O)C2)cc1N. The van der Waals surface area contributed by atoms with Crippen molar-refractivity contribution in [3.63, 3.8) is 0 Å². The summed E-state index contributed by atoms with van der Waals surface area (Å²) < 4.78 is 5.12. The molecule has 98 valence electrons. The Morgan fingerprint density at radius 2 is 2.33 bits per heavy atom. The molecule has 0 radical (unpaired) electrons. The largest absolute Gasteiger partial charge is 0.495 e. The van der Waals surface area contributed by atoms with Gasteiger partial charge in [-0.15, -0.1) is 0 Å². The van der Waals surface area contributed by atoms with Gasteiger partial charge in [0.25, 0.3) is 0 Å². The molecular weight excluding hydrogens is 230 g/mol. The van der Waals surface area contributed by atoms with E-state index in [1.54, 1.807) is 7.11 Å². The first-order valence-corrected chi connectivity index (χ1v) is 6.10. The van der Waals surface area contributed by atoms with Gasteiger partial charge in [-0.05, 0) is 24.1 Å². The Hall–Kier alpha value is -1.75. The number of benzene rings is 1. The summed E-state index contributed by atoms with van der Waals surface area (Å²) >= 11 is 0. The summed E-state index contributed by atoms with van der Waals surface area (Å²) in [5.74, 6) is 0.779. The zero-order valence-electron chi connectivity index (χ0n) is 10.6. The van der Waals surface area contributed by atoms with Crippen molar-refractivity contribution in [1.82, 2.24) is 10.2 Å². The molecule has 1 aromatic rings. The van der Waals surface area contributed by atoms with Crippen LogP contribution in [-0.4, -0.2) is 37.6 Å². The van der Waals surface area contributed by atoms with Crippen molar-refractivity contribution in [2.75, 3.05) is 32.5 Å². The van der Waals surface area contributed by atoms with E-state index in [1.807, 2.05) is 18.2 Å². The molecule has 1 saturated heterocycles. The molecule has 5 nitrogen and oxygen atoms in total. The fraction of sp³-hybridized carbons (Fsp3) is 0.462. The zero-order chi connectivity index (χ0) is 13.0. The van der Waals surface area contributed by atoms with E-state index in [4.69, 9.17) is 10.5 Å². The number of hydrogen-bond acceptors (Lipinski definition) is 4. The van der Waals surface area contributed by atoms with Gasteiger partial charge in [-0.1, -0.05) is 6.07 Å². The number of nitrogens with zero attached hydrogens (tertiary/aromatic N) is 1. The molecule has 0 saturated carbocycles. The molecule has 0 unspecified atom stereocenters. The topological polar surface area (TPSA) is 67.6 Å². The summed E-state index contributed by atoms with van der Waals surface area (Å²) in [7, 11) is 1.60. The Balaban J connectivity index is 2.04. The highest BCUT2D eigenvalue weighted by molar-refractivity contribution is 5.78. The minimum Gasteiger partial charge on any atom is -0.495 e. The van der Waals surface area contributed by atoms with Crippen LogP contribution in [-0.2, 0) is 11.3 Å². The molecule has 1 aliphatic rings. The van der Waals surface area contributed by atoms with E-state index in [9.17, 15) is 4.79 Å². The third-order valence-corrected chi connectivity index (χ3v) is 3.04. The summed E-state index contributed by atoms with van der Waals surface area (Å²) in [5, 5.41) is 2.86. The van der Waals surface area contributed by atoms with E-state index in [2.05, 4.69) is 10.2 Å². The van der Waals surface area contributed by atoms with Crippen LogP contribution in [0.3, 0.4) is 0 Å². The van der Waals surface area contributed by atoms with Crippen molar-refractivity contribution in [3.05, 3.63) is 23.8 Å². The molecule has 1 aromatic carbocycles. The molecule has 1 heterocycles. The highest BCUT2D eigenvalue weighted by Gasteiger charge is 2.14. The highest BCUT2D eigenvalue weighted by Crippen LogP contribution is 2.22. The molecule has 1 amide bonds. The fourth-order valence-electron chi connectivity index (χ4n) is 2.14. The molecule has 0 bridgehead atoms. The minimum absolute atomic E-state index is 0.0917. The van der Waals surface area contributed by atoms with Crippen LogP contribution in [0, 0.1) is 0 Å².